The molecule has 4 rings (SSSR count). The second-order valence-electron chi connectivity index (χ2n) is 6.02. The Kier molecular flexibility index (Phi) is 3.41. The highest BCUT2D eigenvalue weighted by Crippen LogP contribution is 2.29. The van der Waals surface area contributed by atoms with Crippen molar-refractivity contribution in [3.8, 4) is 5.69 Å². The van der Waals surface area contributed by atoms with E-state index in [-0.39, 0.29) is 17.5 Å². The highest BCUT2D eigenvalue weighted by Gasteiger charge is 2.32. The number of amides is 1. The van der Waals surface area contributed by atoms with E-state index in [1.54, 1.807) is 16.5 Å². The number of carbonyl (C=O) groups is 1. The van der Waals surface area contributed by atoms with Crippen molar-refractivity contribution in [3.05, 3.63) is 70.6 Å². The van der Waals surface area contributed by atoms with E-state index >= 15 is 0 Å². The number of aromatic nitrogens is 2. The third-order valence-electron chi connectivity index (χ3n) is 4.61. The Morgan fingerprint density at radius 3 is 2.42 bits per heavy atom. The van der Waals surface area contributed by atoms with Gasteiger partial charge in [0, 0.05) is 19.2 Å². The van der Waals surface area contributed by atoms with Crippen molar-refractivity contribution < 1.29 is 4.79 Å². The topological polar surface area (TPSA) is 55.2 Å². The minimum absolute atomic E-state index is 0.0561. The van der Waals surface area contributed by atoms with Crippen molar-refractivity contribution in [2.45, 2.75) is 18.9 Å². The number of fused-ring (bicyclic) bond motifs is 1. The molecule has 1 amide bonds. The molecule has 2 heterocycles. The van der Waals surface area contributed by atoms with Gasteiger partial charge in [0.05, 0.1) is 17.1 Å². The molecular formula is C19H17N3O2. The standard InChI is InChI=1S/C19H17N3O2/c1-21-16(11-12-17(21)23)18-19(24)22(13-7-3-2-4-8-13)15-10-6-5-9-14(15)20-18/h2-10,16H,11-12H2,1H3. The van der Waals surface area contributed by atoms with Gasteiger partial charge >= 0.3 is 0 Å². The normalized spacial score (nSPS) is 17.6. The summed E-state index contributed by atoms with van der Waals surface area (Å²) < 4.78 is 1.69. The van der Waals surface area contributed by atoms with E-state index in [9.17, 15) is 9.59 Å². The number of rotatable bonds is 2. The van der Waals surface area contributed by atoms with E-state index in [0.29, 0.717) is 18.5 Å². The summed E-state index contributed by atoms with van der Waals surface area (Å²) in [6.07, 6.45) is 1.09. The smallest absolute Gasteiger partial charge is 0.279 e. The lowest BCUT2D eigenvalue weighted by molar-refractivity contribution is -0.127. The maximum absolute atomic E-state index is 13.2. The molecule has 3 aromatic rings. The first-order chi connectivity index (χ1) is 11.7. The Balaban J connectivity index is 2.02. The van der Waals surface area contributed by atoms with E-state index in [4.69, 9.17) is 0 Å². The van der Waals surface area contributed by atoms with Crippen molar-refractivity contribution in [2.75, 3.05) is 7.05 Å². The lowest BCUT2D eigenvalue weighted by atomic mass is 10.1. The summed E-state index contributed by atoms with van der Waals surface area (Å²) in [4.78, 5) is 31.3. The summed E-state index contributed by atoms with van der Waals surface area (Å²) in [6.45, 7) is 0. The number of carbonyl (C=O) groups excluding carboxylic acids is 1. The molecule has 120 valence electrons. The third-order valence-corrected chi connectivity index (χ3v) is 4.61. The van der Waals surface area contributed by atoms with Gasteiger partial charge in [-0.05, 0) is 30.7 Å². The van der Waals surface area contributed by atoms with Crippen LogP contribution >= 0.6 is 0 Å². The molecule has 0 bridgehead atoms. The van der Waals surface area contributed by atoms with Crippen LogP contribution in [0.1, 0.15) is 24.6 Å². The quantitative estimate of drug-likeness (QED) is 0.730. The Hall–Kier alpha value is -2.95. The fourth-order valence-electron chi connectivity index (χ4n) is 3.32. The zero-order valence-corrected chi connectivity index (χ0v) is 13.3. The van der Waals surface area contributed by atoms with E-state index in [1.807, 2.05) is 54.6 Å². The molecule has 1 aliphatic rings. The minimum Gasteiger partial charge on any atom is -0.337 e. The van der Waals surface area contributed by atoms with Crippen molar-refractivity contribution >= 4 is 16.9 Å². The fourth-order valence-corrected chi connectivity index (χ4v) is 3.32. The van der Waals surface area contributed by atoms with Gasteiger partial charge in [0.1, 0.15) is 5.69 Å². The van der Waals surface area contributed by atoms with E-state index < -0.39 is 0 Å². The van der Waals surface area contributed by atoms with Crippen LogP contribution in [0.4, 0.5) is 0 Å². The fraction of sp³-hybridized carbons (Fsp3) is 0.211. The van der Waals surface area contributed by atoms with Gasteiger partial charge in [0.25, 0.3) is 5.56 Å². The summed E-state index contributed by atoms with van der Waals surface area (Å²) in [5.41, 5.74) is 2.60. The SMILES string of the molecule is CN1C(=O)CCC1c1nc2ccccc2n(-c2ccccc2)c1=O. The van der Waals surface area contributed by atoms with Crippen LogP contribution in [-0.4, -0.2) is 27.4 Å². The van der Waals surface area contributed by atoms with Crippen LogP contribution in [0, 0.1) is 0 Å². The molecule has 24 heavy (non-hydrogen) atoms. The summed E-state index contributed by atoms with van der Waals surface area (Å²) in [6, 6.07) is 16.9. The number of hydrogen-bond acceptors (Lipinski definition) is 3. The Morgan fingerprint density at radius 1 is 1.00 bits per heavy atom. The first-order valence-electron chi connectivity index (χ1n) is 7.99. The van der Waals surface area contributed by atoms with Gasteiger partial charge in [-0.1, -0.05) is 30.3 Å². The average molecular weight is 319 g/mol. The maximum atomic E-state index is 13.2. The number of para-hydroxylation sites is 3. The molecule has 1 unspecified atom stereocenters. The van der Waals surface area contributed by atoms with Gasteiger partial charge < -0.3 is 4.90 Å². The molecular weight excluding hydrogens is 302 g/mol. The van der Waals surface area contributed by atoms with Crippen molar-refractivity contribution in [3.63, 3.8) is 0 Å². The number of hydrogen-bond donors (Lipinski definition) is 0. The third kappa shape index (κ3) is 2.21. The highest BCUT2D eigenvalue weighted by atomic mass is 16.2. The second-order valence-corrected chi connectivity index (χ2v) is 6.02. The van der Waals surface area contributed by atoms with Gasteiger partial charge in [0.15, 0.2) is 0 Å². The predicted octanol–water partition coefficient (Wildman–Crippen LogP) is 2.68. The van der Waals surface area contributed by atoms with Gasteiger partial charge in [0.2, 0.25) is 5.91 Å². The second kappa shape index (κ2) is 5.60. The van der Waals surface area contributed by atoms with Crippen molar-refractivity contribution in [2.24, 2.45) is 0 Å². The summed E-state index contributed by atoms with van der Waals surface area (Å²) in [5, 5.41) is 0. The van der Waals surface area contributed by atoms with E-state index in [0.717, 1.165) is 16.7 Å². The zero-order valence-electron chi connectivity index (χ0n) is 13.3. The van der Waals surface area contributed by atoms with Crippen LogP contribution in [0.3, 0.4) is 0 Å². The predicted molar refractivity (Wildman–Crippen MR) is 92.1 cm³/mol. The molecule has 5 nitrogen and oxygen atoms in total. The lowest BCUT2D eigenvalue weighted by Crippen LogP contribution is -2.32. The minimum atomic E-state index is -0.260. The van der Waals surface area contributed by atoms with Crippen LogP contribution in [0.5, 0.6) is 0 Å². The average Bonchev–Trinajstić information content (AvgIpc) is 2.94. The Labute approximate surface area is 139 Å². The maximum Gasteiger partial charge on any atom is 0.279 e. The van der Waals surface area contributed by atoms with E-state index in [2.05, 4.69) is 4.98 Å². The molecule has 0 aliphatic carbocycles. The van der Waals surface area contributed by atoms with Gasteiger partial charge in [-0.2, -0.15) is 0 Å². The molecule has 1 aliphatic heterocycles. The monoisotopic (exact) mass is 319 g/mol. The Bertz CT molecular complexity index is 979. The molecule has 1 saturated heterocycles. The number of likely N-dealkylation sites (tertiary alicyclic amines) is 1. The summed E-state index contributed by atoms with van der Waals surface area (Å²) in [5.74, 6) is 0.0561. The van der Waals surface area contributed by atoms with E-state index in [1.165, 1.54) is 0 Å². The molecule has 0 N–H and O–H groups in total. The van der Waals surface area contributed by atoms with Gasteiger partial charge in [-0.3, -0.25) is 14.2 Å². The van der Waals surface area contributed by atoms with Crippen molar-refractivity contribution in [1.82, 2.24) is 14.5 Å². The van der Waals surface area contributed by atoms with Crippen molar-refractivity contribution in [1.29, 1.82) is 0 Å². The van der Waals surface area contributed by atoms with Gasteiger partial charge in [-0.25, -0.2) is 4.98 Å². The molecule has 5 heteroatoms. The Morgan fingerprint density at radius 2 is 1.71 bits per heavy atom. The highest BCUT2D eigenvalue weighted by molar-refractivity contribution is 5.79. The molecule has 0 radical (unpaired) electrons. The number of nitrogens with zero attached hydrogens (tertiary/aromatic N) is 3. The molecule has 1 fully saturated rings. The first kappa shape index (κ1) is 14.6. The van der Waals surface area contributed by atoms with Crippen LogP contribution < -0.4 is 5.56 Å². The number of benzene rings is 2. The largest absolute Gasteiger partial charge is 0.337 e. The molecule has 0 saturated carbocycles. The van der Waals surface area contributed by atoms with Crippen LogP contribution in [0.2, 0.25) is 0 Å². The molecule has 0 spiro atoms. The van der Waals surface area contributed by atoms with Crippen LogP contribution in [-0.2, 0) is 4.79 Å². The molecule has 1 atom stereocenters. The zero-order chi connectivity index (χ0) is 16.7. The first-order valence-corrected chi connectivity index (χ1v) is 7.99. The molecule has 1 aromatic heterocycles. The van der Waals surface area contributed by atoms with Crippen LogP contribution in [0.15, 0.2) is 59.4 Å². The summed E-state index contributed by atoms with van der Waals surface area (Å²) in [7, 11) is 1.74. The summed E-state index contributed by atoms with van der Waals surface area (Å²) >= 11 is 0. The molecule has 2 aromatic carbocycles. The van der Waals surface area contributed by atoms with Gasteiger partial charge in [-0.15, -0.1) is 0 Å². The lowest BCUT2D eigenvalue weighted by Gasteiger charge is -2.20. The van der Waals surface area contributed by atoms with Crippen LogP contribution in [0.25, 0.3) is 16.7 Å².